The van der Waals surface area contributed by atoms with Gasteiger partial charge >= 0.3 is 0 Å². The van der Waals surface area contributed by atoms with Crippen LogP contribution in [0.3, 0.4) is 0 Å². The molecular weight excluding hydrogens is 336 g/mol. The fraction of sp³-hybridized carbons (Fsp3) is 0.682. The van der Waals surface area contributed by atoms with Crippen molar-refractivity contribution in [2.75, 3.05) is 39.4 Å². The molecule has 1 fully saturated rings. The molecule has 2 unspecified atom stereocenters. The third-order valence-electron chi connectivity index (χ3n) is 5.01. The summed E-state index contributed by atoms with van der Waals surface area (Å²) >= 11 is 0. The molecule has 1 saturated heterocycles. The first-order valence-electron chi connectivity index (χ1n) is 10.4. The van der Waals surface area contributed by atoms with Crippen LogP contribution >= 0.6 is 0 Å². The van der Waals surface area contributed by atoms with E-state index in [0.717, 1.165) is 45.4 Å². The third kappa shape index (κ3) is 7.15. The highest BCUT2D eigenvalue weighted by atomic mass is 16.5. The molecule has 2 N–H and O–H groups in total. The molecule has 5 nitrogen and oxygen atoms in total. The summed E-state index contributed by atoms with van der Waals surface area (Å²) in [6, 6.07) is 10.9. The van der Waals surface area contributed by atoms with Crippen LogP contribution < -0.4 is 10.6 Å². The molecule has 152 valence electrons. The fourth-order valence-electron chi connectivity index (χ4n) is 3.60. The van der Waals surface area contributed by atoms with Crippen molar-refractivity contribution < 1.29 is 4.74 Å². The number of nitrogens with one attached hydrogen (secondary N) is 2. The lowest BCUT2D eigenvalue weighted by molar-refractivity contribution is 0.114. The Bertz CT molecular complexity index is 573. The summed E-state index contributed by atoms with van der Waals surface area (Å²) in [7, 11) is 0. The van der Waals surface area contributed by atoms with Crippen molar-refractivity contribution in [1.29, 1.82) is 0 Å². The zero-order chi connectivity index (χ0) is 19.7. The van der Waals surface area contributed by atoms with Gasteiger partial charge in [0, 0.05) is 43.7 Å². The highest BCUT2D eigenvalue weighted by Crippen LogP contribution is 2.19. The van der Waals surface area contributed by atoms with Crippen molar-refractivity contribution in [3.63, 3.8) is 0 Å². The van der Waals surface area contributed by atoms with E-state index >= 15 is 0 Å². The molecule has 0 spiro atoms. The van der Waals surface area contributed by atoms with Crippen LogP contribution in [0, 0.1) is 5.92 Å². The lowest BCUT2D eigenvalue weighted by Gasteiger charge is -2.30. The van der Waals surface area contributed by atoms with Gasteiger partial charge in [-0.3, -0.25) is 4.99 Å². The van der Waals surface area contributed by atoms with Crippen molar-refractivity contribution in [2.24, 2.45) is 10.9 Å². The molecule has 2 atom stereocenters. The van der Waals surface area contributed by atoms with Crippen LogP contribution in [0.2, 0.25) is 0 Å². The summed E-state index contributed by atoms with van der Waals surface area (Å²) in [6.45, 7) is 16.2. The van der Waals surface area contributed by atoms with Crippen LogP contribution in [0.5, 0.6) is 0 Å². The van der Waals surface area contributed by atoms with Gasteiger partial charge in [0.25, 0.3) is 0 Å². The second kappa shape index (κ2) is 10.7. The van der Waals surface area contributed by atoms with E-state index in [-0.39, 0.29) is 5.54 Å². The van der Waals surface area contributed by atoms with Gasteiger partial charge in [-0.25, -0.2) is 0 Å². The predicted molar refractivity (Wildman–Crippen MR) is 114 cm³/mol. The molecular formula is C22H38N4O. The summed E-state index contributed by atoms with van der Waals surface area (Å²) in [5.41, 5.74) is 1.22. The normalized spacial score (nSPS) is 19.4. The van der Waals surface area contributed by atoms with Gasteiger partial charge in [-0.1, -0.05) is 30.3 Å². The number of aliphatic imine (C=N–C) groups is 1. The van der Waals surface area contributed by atoms with Crippen LogP contribution in [-0.4, -0.2) is 55.8 Å². The van der Waals surface area contributed by atoms with Crippen molar-refractivity contribution in [1.82, 2.24) is 15.5 Å². The van der Waals surface area contributed by atoms with Gasteiger partial charge in [0.1, 0.15) is 0 Å². The lowest BCUT2D eigenvalue weighted by atomic mass is 10.0. The number of guanidine groups is 1. The van der Waals surface area contributed by atoms with Gasteiger partial charge in [-0.2, -0.15) is 0 Å². The molecule has 2 rings (SSSR count). The van der Waals surface area contributed by atoms with E-state index in [1.807, 2.05) is 0 Å². The Hall–Kier alpha value is -1.59. The van der Waals surface area contributed by atoms with Crippen molar-refractivity contribution in [3.8, 4) is 0 Å². The van der Waals surface area contributed by atoms with Crippen LogP contribution in [0.15, 0.2) is 35.3 Å². The van der Waals surface area contributed by atoms with E-state index in [0.29, 0.717) is 12.0 Å². The van der Waals surface area contributed by atoms with Gasteiger partial charge < -0.3 is 20.3 Å². The maximum atomic E-state index is 5.61. The van der Waals surface area contributed by atoms with Crippen LogP contribution in [-0.2, 0) is 4.74 Å². The van der Waals surface area contributed by atoms with Gasteiger partial charge in [-0.05, 0) is 46.6 Å². The Kier molecular flexibility index (Phi) is 8.58. The summed E-state index contributed by atoms with van der Waals surface area (Å²) in [4.78, 5) is 7.34. The van der Waals surface area contributed by atoms with Gasteiger partial charge in [-0.15, -0.1) is 0 Å². The van der Waals surface area contributed by atoms with Crippen LogP contribution in [0.1, 0.15) is 52.6 Å². The van der Waals surface area contributed by atoms with Gasteiger partial charge in [0.2, 0.25) is 0 Å². The molecule has 1 aromatic carbocycles. The van der Waals surface area contributed by atoms with Gasteiger partial charge in [0.05, 0.1) is 13.2 Å². The molecule has 1 aliphatic rings. The quantitative estimate of drug-likeness (QED) is 0.513. The highest BCUT2D eigenvalue weighted by molar-refractivity contribution is 5.80. The first-order chi connectivity index (χ1) is 12.9. The smallest absolute Gasteiger partial charge is 0.193 e. The Balaban J connectivity index is 1.94. The largest absolute Gasteiger partial charge is 0.381 e. The molecule has 27 heavy (non-hydrogen) atoms. The molecule has 1 heterocycles. The summed E-state index contributed by atoms with van der Waals surface area (Å²) in [6.07, 6.45) is 1.18. The molecule has 0 bridgehead atoms. The zero-order valence-electron chi connectivity index (χ0n) is 17.8. The number of ether oxygens (including phenoxy) is 1. The molecule has 0 aromatic heterocycles. The molecule has 0 radical (unpaired) electrons. The van der Waals surface area contributed by atoms with Crippen molar-refractivity contribution in [2.45, 2.75) is 52.6 Å². The van der Waals surface area contributed by atoms with Crippen molar-refractivity contribution in [3.05, 3.63) is 35.9 Å². The minimum absolute atomic E-state index is 0.0830. The van der Waals surface area contributed by atoms with E-state index in [9.17, 15) is 0 Å². The van der Waals surface area contributed by atoms with E-state index < -0.39 is 0 Å². The SMILES string of the molecule is CCNC(=NCC(C)(C)NC(C)c1ccccc1)N1CCC(COCC)C1. The van der Waals surface area contributed by atoms with E-state index in [1.165, 1.54) is 12.0 Å². The lowest BCUT2D eigenvalue weighted by Crippen LogP contribution is -2.46. The Morgan fingerprint density at radius 2 is 2.04 bits per heavy atom. The second-order valence-corrected chi connectivity index (χ2v) is 8.09. The number of nitrogens with zero attached hydrogens (tertiary/aromatic N) is 2. The zero-order valence-corrected chi connectivity index (χ0v) is 17.8. The maximum Gasteiger partial charge on any atom is 0.193 e. The third-order valence-corrected chi connectivity index (χ3v) is 5.01. The number of hydrogen-bond acceptors (Lipinski definition) is 3. The number of likely N-dealkylation sites (tertiary alicyclic amines) is 1. The summed E-state index contributed by atoms with van der Waals surface area (Å²) in [5, 5.41) is 7.19. The van der Waals surface area contributed by atoms with E-state index in [1.54, 1.807) is 0 Å². The number of benzene rings is 1. The van der Waals surface area contributed by atoms with Crippen LogP contribution in [0.4, 0.5) is 0 Å². The average Bonchev–Trinajstić information content (AvgIpc) is 3.12. The summed E-state index contributed by atoms with van der Waals surface area (Å²) < 4.78 is 5.61. The van der Waals surface area contributed by atoms with E-state index in [4.69, 9.17) is 9.73 Å². The minimum atomic E-state index is -0.0830. The molecule has 1 aliphatic heterocycles. The number of rotatable bonds is 9. The maximum absolute atomic E-state index is 5.61. The molecule has 0 aliphatic carbocycles. The highest BCUT2D eigenvalue weighted by Gasteiger charge is 2.26. The minimum Gasteiger partial charge on any atom is -0.381 e. The predicted octanol–water partition coefficient (Wildman–Crippen LogP) is 3.44. The molecule has 1 aromatic rings. The first kappa shape index (κ1) is 21.7. The molecule has 0 saturated carbocycles. The van der Waals surface area contributed by atoms with Crippen LogP contribution in [0.25, 0.3) is 0 Å². The van der Waals surface area contributed by atoms with Gasteiger partial charge in [0.15, 0.2) is 5.96 Å². The molecule has 0 amide bonds. The Morgan fingerprint density at radius 1 is 1.30 bits per heavy atom. The topological polar surface area (TPSA) is 48.9 Å². The number of hydrogen-bond donors (Lipinski definition) is 2. The molecule has 5 heteroatoms. The summed E-state index contributed by atoms with van der Waals surface area (Å²) in [5.74, 6) is 1.64. The fourth-order valence-corrected chi connectivity index (χ4v) is 3.60. The van der Waals surface area contributed by atoms with E-state index in [2.05, 4.69) is 80.5 Å². The standard InChI is InChI=1S/C22H38N4O/c1-6-23-21(26-14-13-19(15-26)16-27-7-2)24-17-22(4,5)25-18(3)20-11-9-8-10-12-20/h8-12,18-19,25H,6-7,13-17H2,1-5H3,(H,23,24). The van der Waals surface area contributed by atoms with Crippen molar-refractivity contribution >= 4 is 5.96 Å². The monoisotopic (exact) mass is 374 g/mol. The second-order valence-electron chi connectivity index (χ2n) is 8.09. The first-order valence-corrected chi connectivity index (χ1v) is 10.4. The Labute approximate surface area is 165 Å². The Morgan fingerprint density at radius 3 is 2.70 bits per heavy atom. The average molecular weight is 375 g/mol.